The van der Waals surface area contributed by atoms with Gasteiger partial charge in [-0.25, -0.2) is 4.79 Å². The Morgan fingerprint density at radius 3 is 2.67 bits per heavy atom. The molecule has 1 aromatic heterocycles. The first kappa shape index (κ1) is 14.5. The Bertz CT molecular complexity index is 504. The van der Waals surface area contributed by atoms with Gasteiger partial charge < -0.3 is 9.30 Å². The fourth-order valence-corrected chi connectivity index (χ4v) is 1.31. The second-order valence-electron chi connectivity index (χ2n) is 3.79. The van der Waals surface area contributed by atoms with Crippen molar-refractivity contribution in [1.29, 1.82) is 0 Å². The molecule has 0 spiro atoms. The van der Waals surface area contributed by atoms with Crippen LogP contribution in [0, 0.1) is 6.92 Å². The third-order valence-corrected chi connectivity index (χ3v) is 2.14. The Kier molecular flexibility index (Phi) is 4.71. The Morgan fingerprint density at radius 2 is 2.06 bits per heavy atom. The molecule has 0 unspecified atom stereocenters. The van der Waals surface area contributed by atoms with Gasteiger partial charge in [-0.3, -0.25) is 9.78 Å². The molecule has 0 aliphatic heterocycles. The molecule has 0 amide bonds. The van der Waals surface area contributed by atoms with E-state index < -0.39 is 24.0 Å². The van der Waals surface area contributed by atoms with Gasteiger partial charge in [0.25, 0.3) is 5.56 Å². The molecule has 1 aromatic rings. The molecule has 0 aliphatic rings. The molecule has 1 N–H and O–H groups in total. The van der Waals surface area contributed by atoms with E-state index in [2.05, 4.69) is 9.72 Å². The van der Waals surface area contributed by atoms with E-state index in [4.69, 9.17) is 0 Å². The van der Waals surface area contributed by atoms with E-state index in [1.165, 1.54) is 17.7 Å². The number of rotatable bonds is 5. The first-order valence-corrected chi connectivity index (χ1v) is 5.24. The van der Waals surface area contributed by atoms with E-state index in [9.17, 15) is 22.8 Å². The lowest BCUT2D eigenvalue weighted by atomic mass is 10.3. The van der Waals surface area contributed by atoms with Gasteiger partial charge in [0, 0.05) is 24.9 Å². The minimum atomic E-state index is -4.34. The largest absolute Gasteiger partial charge is 0.411 e. The lowest BCUT2D eigenvalue weighted by molar-refractivity contribution is -0.174. The van der Waals surface area contributed by atoms with Crippen LogP contribution in [-0.2, 0) is 11.3 Å². The van der Waals surface area contributed by atoms with Crippen molar-refractivity contribution in [2.75, 3.05) is 13.2 Å². The Balaban J connectivity index is 2.43. The smallest absolute Gasteiger partial charge is 0.372 e. The molecule has 1 rings (SSSR count). The number of aryl methyl sites for hydroxylation is 2. The highest BCUT2D eigenvalue weighted by atomic mass is 19.4. The van der Waals surface area contributed by atoms with Gasteiger partial charge >= 0.3 is 11.9 Å². The van der Waals surface area contributed by atoms with Gasteiger partial charge in [0.15, 0.2) is 0 Å². The van der Waals surface area contributed by atoms with Gasteiger partial charge in [-0.2, -0.15) is 13.2 Å². The Morgan fingerprint density at radius 1 is 1.39 bits per heavy atom. The highest BCUT2D eigenvalue weighted by Crippen LogP contribution is 2.14. The third kappa shape index (κ3) is 4.74. The predicted octanol–water partition coefficient (Wildman–Crippen LogP) is 0.814. The molecule has 0 radical (unpaired) electrons. The van der Waals surface area contributed by atoms with Crippen molar-refractivity contribution in [3.63, 3.8) is 0 Å². The summed E-state index contributed by atoms with van der Waals surface area (Å²) in [5.74, 6) is 0. The molecule has 8 heteroatoms. The Hall–Kier alpha value is -1.57. The maximum Gasteiger partial charge on any atom is 0.411 e. The molecule has 0 saturated heterocycles. The number of aromatic amines is 1. The van der Waals surface area contributed by atoms with Crippen molar-refractivity contribution in [2.24, 2.45) is 0 Å². The number of hydrogen-bond acceptors (Lipinski definition) is 3. The molecule has 0 fully saturated rings. The monoisotopic (exact) mass is 266 g/mol. The van der Waals surface area contributed by atoms with E-state index in [1.807, 2.05) is 0 Å². The number of halogens is 3. The minimum Gasteiger partial charge on any atom is -0.372 e. The number of aromatic nitrogens is 2. The van der Waals surface area contributed by atoms with Crippen LogP contribution in [0.4, 0.5) is 13.2 Å². The molecule has 18 heavy (non-hydrogen) atoms. The Labute approximate surface area is 100 Å². The third-order valence-electron chi connectivity index (χ3n) is 2.14. The first-order chi connectivity index (χ1) is 8.29. The number of hydrogen-bond donors (Lipinski definition) is 1. The van der Waals surface area contributed by atoms with Crippen molar-refractivity contribution in [3.8, 4) is 0 Å². The van der Waals surface area contributed by atoms with Crippen LogP contribution >= 0.6 is 0 Å². The molecule has 0 aromatic carbocycles. The van der Waals surface area contributed by atoms with Gasteiger partial charge in [-0.1, -0.05) is 0 Å². The molecule has 0 atom stereocenters. The summed E-state index contributed by atoms with van der Waals surface area (Å²) in [6, 6.07) is 0. The highest BCUT2D eigenvalue weighted by Gasteiger charge is 2.27. The fourth-order valence-electron chi connectivity index (χ4n) is 1.31. The summed E-state index contributed by atoms with van der Waals surface area (Å²) >= 11 is 0. The van der Waals surface area contributed by atoms with Crippen LogP contribution in [0.15, 0.2) is 15.8 Å². The lowest BCUT2D eigenvalue weighted by Gasteiger charge is -2.08. The first-order valence-electron chi connectivity index (χ1n) is 5.24. The molecule has 0 bridgehead atoms. The van der Waals surface area contributed by atoms with Crippen LogP contribution in [0.25, 0.3) is 0 Å². The summed E-state index contributed by atoms with van der Waals surface area (Å²) in [7, 11) is 0. The molecular formula is C10H13F3N2O3. The quantitative estimate of drug-likeness (QED) is 0.802. The topological polar surface area (TPSA) is 64.1 Å². The molecule has 0 aliphatic carbocycles. The average Bonchev–Trinajstić information content (AvgIpc) is 2.23. The molecular weight excluding hydrogens is 253 g/mol. The summed E-state index contributed by atoms with van der Waals surface area (Å²) in [6.45, 7) is 0.319. The summed E-state index contributed by atoms with van der Waals surface area (Å²) < 4.78 is 40.9. The van der Waals surface area contributed by atoms with E-state index in [0.717, 1.165) is 0 Å². The zero-order valence-electron chi connectivity index (χ0n) is 9.71. The van der Waals surface area contributed by atoms with Gasteiger partial charge in [0.05, 0.1) is 0 Å². The van der Waals surface area contributed by atoms with Crippen molar-refractivity contribution in [1.82, 2.24) is 9.55 Å². The average molecular weight is 266 g/mol. The van der Waals surface area contributed by atoms with E-state index in [0.29, 0.717) is 5.56 Å². The number of nitrogens with zero attached hydrogens (tertiary/aromatic N) is 1. The van der Waals surface area contributed by atoms with Crippen LogP contribution in [0.2, 0.25) is 0 Å². The van der Waals surface area contributed by atoms with Gasteiger partial charge in [-0.15, -0.1) is 0 Å². The van der Waals surface area contributed by atoms with Crippen LogP contribution in [0.1, 0.15) is 12.0 Å². The van der Waals surface area contributed by atoms with Crippen molar-refractivity contribution in [3.05, 3.63) is 32.6 Å². The number of nitrogens with one attached hydrogen (secondary N) is 1. The van der Waals surface area contributed by atoms with Crippen molar-refractivity contribution >= 4 is 0 Å². The zero-order chi connectivity index (χ0) is 13.8. The highest BCUT2D eigenvalue weighted by molar-refractivity contribution is 5.00. The summed E-state index contributed by atoms with van der Waals surface area (Å²) in [4.78, 5) is 24.5. The number of ether oxygens (including phenoxy) is 1. The number of alkyl halides is 3. The summed E-state index contributed by atoms with van der Waals surface area (Å²) in [5, 5.41) is 0. The van der Waals surface area contributed by atoms with E-state index in [1.54, 1.807) is 0 Å². The van der Waals surface area contributed by atoms with Crippen LogP contribution < -0.4 is 11.2 Å². The molecule has 0 saturated carbocycles. The SMILES string of the molecule is Cc1cn(CCCOCC(F)(F)F)c(=O)[nH]c1=O. The second kappa shape index (κ2) is 5.85. The van der Waals surface area contributed by atoms with Crippen molar-refractivity contribution in [2.45, 2.75) is 26.1 Å². The molecule has 1 heterocycles. The zero-order valence-corrected chi connectivity index (χ0v) is 9.71. The van der Waals surface area contributed by atoms with Gasteiger partial charge in [0.2, 0.25) is 0 Å². The summed E-state index contributed by atoms with van der Waals surface area (Å²) in [5.41, 5.74) is -0.684. The van der Waals surface area contributed by atoms with Crippen molar-refractivity contribution < 1.29 is 17.9 Å². The van der Waals surface area contributed by atoms with Crippen LogP contribution in [0.3, 0.4) is 0 Å². The van der Waals surface area contributed by atoms with Crippen LogP contribution in [0.5, 0.6) is 0 Å². The molecule has 102 valence electrons. The fraction of sp³-hybridized carbons (Fsp3) is 0.600. The maximum absolute atomic E-state index is 11.7. The van der Waals surface area contributed by atoms with E-state index in [-0.39, 0.29) is 19.6 Å². The maximum atomic E-state index is 11.7. The second-order valence-corrected chi connectivity index (χ2v) is 3.79. The van der Waals surface area contributed by atoms with Gasteiger partial charge in [-0.05, 0) is 13.3 Å². The van der Waals surface area contributed by atoms with Crippen LogP contribution in [-0.4, -0.2) is 28.9 Å². The van der Waals surface area contributed by atoms with Gasteiger partial charge in [0.1, 0.15) is 6.61 Å². The van der Waals surface area contributed by atoms with E-state index >= 15 is 0 Å². The standard InChI is InChI=1S/C10H13F3N2O3/c1-7-5-15(9(17)14-8(7)16)3-2-4-18-6-10(11,12)13/h5H,2-4,6H2,1H3,(H,14,16,17). The summed E-state index contributed by atoms with van der Waals surface area (Å²) in [6.07, 6.45) is -2.72. The minimum absolute atomic E-state index is 0.107. The predicted molar refractivity (Wildman–Crippen MR) is 57.6 cm³/mol. The lowest BCUT2D eigenvalue weighted by Crippen LogP contribution is -2.31. The number of H-pyrrole nitrogens is 1. The molecule has 5 nitrogen and oxygen atoms in total. The normalized spacial score (nSPS) is 11.8.